The van der Waals surface area contributed by atoms with Gasteiger partial charge in [-0.15, -0.1) is 5.69 Å². The van der Waals surface area contributed by atoms with E-state index in [-0.39, 0.29) is 4.90 Å². The third-order valence-electron chi connectivity index (χ3n) is 1.90. The van der Waals surface area contributed by atoms with Crippen LogP contribution >= 0.6 is 10.3 Å². The second-order valence-corrected chi connectivity index (χ2v) is 4.62. The standard InChI is InChI=1S/C10H11F3S/c1-3-8-4-6-9(7-5-8)14(2)10(11,12)13/h2,4-7,14H,3H2,1H3. The Bertz CT molecular complexity index is 367. The van der Waals surface area contributed by atoms with Crippen molar-refractivity contribution in [3.05, 3.63) is 29.8 Å². The van der Waals surface area contributed by atoms with Crippen LogP contribution in [0.2, 0.25) is 0 Å². The summed E-state index contributed by atoms with van der Waals surface area (Å²) in [6.07, 6.45) is 0.814. The van der Waals surface area contributed by atoms with E-state index in [1.165, 1.54) is 12.1 Å². The van der Waals surface area contributed by atoms with Gasteiger partial charge in [0.25, 0.3) is 0 Å². The highest BCUT2D eigenvalue weighted by Crippen LogP contribution is 2.40. The van der Waals surface area contributed by atoms with E-state index in [1.54, 1.807) is 12.1 Å². The Hall–Kier alpha value is -0.860. The van der Waals surface area contributed by atoms with Gasteiger partial charge in [-0.1, -0.05) is 29.4 Å². The average Bonchev–Trinajstić information content (AvgIpc) is 2.15. The highest BCUT2D eigenvalue weighted by molar-refractivity contribution is 8.07. The van der Waals surface area contributed by atoms with E-state index in [2.05, 4.69) is 0 Å². The summed E-state index contributed by atoms with van der Waals surface area (Å²) >= 11 is 0. The first kappa shape index (κ1) is 11.2. The fourth-order valence-corrected chi connectivity index (χ4v) is 1.80. The number of thiol groups is 1. The first-order valence-corrected chi connectivity index (χ1v) is 5.57. The molecule has 0 amide bonds. The first-order chi connectivity index (χ1) is 6.45. The van der Waals surface area contributed by atoms with Crippen LogP contribution in [0.4, 0.5) is 13.2 Å². The molecule has 14 heavy (non-hydrogen) atoms. The topological polar surface area (TPSA) is 0 Å². The van der Waals surface area contributed by atoms with E-state index in [1.807, 2.05) is 6.92 Å². The van der Waals surface area contributed by atoms with Gasteiger partial charge >= 0.3 is 5.51 Å². The van der Waals surface area contributed by atoms with Crippen molar-refractivity contribution in [1.82, 2.24) is 0 Å². The van der Waals surface area contributed by atoms with Crippen LogP contribution in [-0.4, -0.2) is 5.51 Å². The molecule has 0 aliphatic carbocycles. The van der Waals surface area contributed by atoms with Crippen LogP contribution in [0.15, 0.2) is 29.2 Å². The van der Waals surface area contributed by atoms with Gasteiger partial charge in [0.05, 0.1) is 0 Å². The van der Waals surface area contributed by atoms with Gasteiger partial charge in [0, 0.05) is 4.90 Å². The van der Waals surface area contributed by atoms with Gasteiger partial charge in [-0.05, 0) is 24.1 Å². The average molecular weight is 220 g/mol. The largest absolute Gasteiger partial charge is 0.436 e. The van der Waals surface area contributed by atoms with Crippen LogP contribution in [0.3, 0.4) is 0 Å². The number of aryl methyl sites for hydroxylation is 1. The fraction of sp³-hybridized carbons (Fsp3) is 0.300. The number of alkyl halides is 3. The molecular weight excluding hydrogens is 209 g/mol. The second kappa shape index (κ2) is 4.11. The zero-order valence-corrected chi connectivity index (χ0v) is 8.57. The Kier molecular flexibility index (Phi) is 3.29. The van der Waals surface area contributed by atoms with Crippen molar-refractivity contribution < 1.29 is 13.2 Å². The Balaban J connectivity index is 2.95. The van der Waals surface area contributed by atoms with Gasteiger partial charge in [0.2, 0.25) is 0 Å². The minimum Gasteiger partial charge on any atom is -0.161 e. The Labute approximate surface area is 83.3 Å². The molecule has 0 heterocycles. The van der Waals surface area contributed by atoms with Gasteiger partial charge < -0.3 is 0 Å². The zero-order chi connectivity index (χ0) is 10.8. The summed E-state index contributed by atoms with van der Waals surface area (Å²) in [5.74, 6) is 0. The van der Waals surface area contributed by atoms with Crippen LogP contribution in [0, 0.1) is 5.69 Å². The molecule has 0 aromatic heterocycles. The summed E-state index contributed by atoms with van der Waals surface area (Å²) in [4.78, 5) is 0.171. The van der Waals surface area contributed by atoms with Crippen molar-refractivity contribution in [2.24, 2.45) is 0 Å². The second-order valence-electron chi connectivity index (χ2n) is 2.86. The number of hydrogen-bond donors (Lipinski definition) is 1. The molecule has 1 aromatic rings. The Morgan fingerprint density at radius 2 is 1.71 bits per heavy atom. The zero-order valence-electron chi connectivity index (χ0n) is 7.67. The third-order valence-corrected chi connectivity index (χ3v) is 3.30. The highest BCUT2D eigenvalue weighted by atomic mass is 32.2. The molecule has 0 fully saturated rings. The Morgan fingerprint density at radius 3 is 2.07 bits per heavy atom. The quantitative estimate of drug-likeness (QED) is 0.685. The minimum absolute atomic E-state index is 0.171. The van der Waals surface area contributed by atoms with Crippen LogP contribution < -0.4 is 0 Å². The molecule has 0 aliphatic heterocycles. The minimum atomic E-state index is -4.30. The molecule has 1 aromatic carbocycles. The summed E-state index contributed by atoms with van der Waals surface area (Å²) in [5, 5.41) is 0. The Morgan fingerprint density at radius 1 is 1.21 bits per heavy atom. The predicted octanol–water partition coefficient (Wildman–Crippen LogP) is 3.72. The first-order valence-electron chi connectivity index (χ1n) is 4.15. The van der Waals surface area contributed by atoms with E-state index in [4.69, 9.17) is 5.69 Å². The third kappa shape index (κ3) is 2.56. The monoisotopic (exact) mass is 220 g/mol. The fourth-order valence-electron chi connectivity index (χ4n) is 1.04. The molecule has 0 radical (unpaired) electrons. The normalized spacial score (nSPS) is 13.9. The molecule has 1 unspecified atom stereocenters. The van der Waals surface area contributed by atoms with Gasteiger partial charge in [0.1, 0.15) is 0 Å². The molecule has 1 atom stereocenters. The lowest BCUT2D eigenvalue weighted by molar-refractivity contribution is -0.0333. The number of halogens is 3. The lowest BCUT2D eigenvalue weighted by atomic mass is 10.2. The summed E-state index contributed by atoms with van der Waals surface area (Å²) in [6.45, 7) is 1.95. The SMILES string of the molecule is C#[SH](c1ccc(CC)cc1)C(F)(F)F. The van der Waals surface area contributed by atoms with E-state index in [0.29, 0.717) is 0 Å². The highest BCUT2D eigenvalue weighted by Gasteiger charge is 2.29. The maximum absolute atomic E-state index is 12.2. The van der Waals surface area contributed by atoms with E-state index >= 15 is 0 Å². The molecule has 1 rings (SSSR count). The van der Waals surface area contributed by atoms with E-state index < -0.39 is 15.8 Å². The molecule has 4 heteroatoms. The molecule has 0 nitrogen and oxygen atoms in total. The van der Waals surface area contributed by atoms with Gasteiger partial charge in [-0.25, -0.2) is 0 Å². The van der Waals surface area contributed by atoms with Crippen LogP contribution in [0.5, 0.6) is 0 Å². The van der Waals surface area contributed by atoms with Crippen molar-refractivity contribution in [2.45, 2.75) is 23.7 Å². The van der Waals surface area contributed by atoms with Crippen molar-refractivity contribution in [3.63, 3.8) is 0 Å². The van der Waals surface area contributed by atoms with Crippen molar-refractivity contribution in [1.29, 1.82) is 0 Å². The van der Waals surface area contributed by atoms with Gasteiger partial charge in [0.15, 0.2) is 0 Å². The lowest BCUT2D eigenvalue weighted by Crippen LogP contribution is -2.01. The van der Waals surface area contributed by atoms with Crippen molar-refractivity contribution in [2.75, 3.05) is 0 Å². The molecule has 0 saturated carbocycles. The summed E-state index contributed by atoms with van der Waals surface area (Å²) < 4.78 is 36.7. The van der Waals surface area contributed by atoms with Gasteiger partial charge in [-0.2, -0.15) is 13.2 Å². The van der Waals surface area contributed by atoms with Crippen LogP contribution in [0.25, 0.3) is 0 Å². The molecule has 0 aliphatic rings. The maximum atomic E-state index is 12.2. The summed E-state index contributed by atoms with van der Waals surface area (Å²) in [6, 6.07) is 6.28. The smallest absolute Gasteiger partial charge is 0.161 e. The van der Waals surface area contributed by atoms with E-state index in [9.17, 15) is 13.2 Å². The molecule has 78 valence electrons. The molecule has 0 saturated heterocycles. The molecular formula is C10H11F3S. The van der Waals surface area contributed by atoms with E-state index in [0.717, 1.165) is 12.0 Å². The van der Waals surface area contributed by atoms with Crippen LogP contribution in [-0.2, 0) is 6.42 Å². The summed E-state index contributed by atoms with van der Waals surface area (Å²) in [5.41, 5.74) is 1.81. The maximum Gasteiger partial charge on any atom is 0.436 e. The summed E-state index contributed by atoms with van der Waals surface area (Å²) in [7, 11) is -2.53. The molecule has 0 bridgehead atoms. The predicted molar refractivity (Wildman–Crippen MR) is 54.1 cm³/mol. The van der Waals surface area contributed by atoms with Crippen LogP contribution in [0.1, 0.15) is 12.5 Å². The van der Waals surface area contributed by atoms with Gasteiger partial charge in [-0.3, -0.25) is 0 Å². The molecule has 0 spiro atoms. The lowest BCUT2D eigenvalue weighted by Gasteiger charge is -2.10. The van der Waals surface area contributed by atoms with Crippen molar-refractivity contribution >= 4 is 10.3 Å². The van der Waals surface area contributed by atoms with Crippen molar-refractivity contribution in [3.8, 4) is 5.69 Å². The number of hydrogen-bond acceptors (Lipinski definition) is 0. The molecule has 0 N–H and O–H groups in total. The number of rotatable bonds is 1. The number of benzene rings is 1.